The van der Waals surface area contributed by atoms with Crippen molar-refractivity contribution >= 4 is 28.8 Å². The molecule has 162 valence electrons. The average Bonchev–Trinajstić information content (AvgIpc) is 3.15. The number of piperidine rings is 1. The van der Waals surface area contributed by atoms with Gasteiger partial charge in [0.2, 0.25) is 0 Å². The second kappa shape index (κ2) is 9.45. The summed E-state index contributed by atoms with van der Waals surface area (Å²) in [6.45, 7) is 4.84. The van der Waals surface area contributed by atoms with Gasteiger partial charge in [-0.15, -0.1) is 11.3 Å². The first-order chi connectivity index (χ1) is 14.9. The molecule has 2 atom stereocenters. The molecule has 1 fully saturated rings. The Balaban J connectivity index is 1.58. The molecule has 1 saturated heterocycles. The van der Waals surface area contributed by atoms with E-state index in [0.29, 0.717) is 16.6 Å². The van der Waals surface area contributed by atoms with E-state index in [1.165, 1.54) is 23.5 Å². The summed E-state index contributed by atoms with van der Waals surface area (Å²) in [6, 6.07) is 10.2. The molecule has 1 aromatic carbocycles. The van der Waals surface area contributed by atoms with Crippen molar-refractivity contribution in [2.75, 3.05) is 6.54 Å². The van der Waals surface area contributed by atoms with E-state index in [0.717, 1.165) is 53.4 Å². The number of aromatic nitrogens is 2. The van der Waals surface area contributed by atoms with Crippen molar-refractivity contribution < 1.29 is 9.18 Å². The van der Waals surface area contributed by atoms with Gasteiger partial charge in [0, 0.05) is 24.5 Å². The van der Waals surface area contributed by atoms with Gasteiger partial charge in [-0.2, -0.15) is 0 Å². The van der Waals surface area contributed by atoms with Crippen molar-refractivity contribution in [3.05, 3.63) is 69.8 Å². The monoisotopic (exact) mass is 457 g/mol. The Morgan fingerprint density at radius 3 is 2.74 bits per heavy atom. The Morgan fingerprint density at radius 1 is 1.26 bits per heavy atom. The highest BCUT2D eigenvalue weighted by Gasteiger charge is 2.34. The zero-order valence-electron chi connectivity index (χ0n) is 17.6. The lowest BCUT2D eigenvalue weighted by Crippen LogP contribution is -2.48. The molecular formula is C24H25ClFN3OS. The molecule has 1 amide bonds. The number of halogens is 2. The van der Waals surface area contributed by atoms with E-state index in [-0.39, 0.29) is 17.8 Å². The largest absolute Gasteiger partial charge is 0.334 e. The van der Waals surface area contributed by atoms with Gasteiger partial charge < -0.3 is 4.90 Å². The number of pyridine rings is 1. The van der Waals surface area contributed by atoms with Crippen molar-refractivity contribution in [2.45, 2.75) is 45.6 Å². The van der Waals surface area contributed by atoms with Crippen molar-refractivity contribution in [3.8, 4) is 10.4 Å². The van der Waals surface area contributed by atoms with Crippen LogP contribution < -0.4 is 0 Å². The van der Waals surface area contributed by atoms with Crippen LogP contribution in [0.4, 0.5) is 4.39 Å². The molecule has 3 aromatic rings. The first kappa shape index (κ1) is 21.9. The molecule has 4 rings (SSSR count). The van der Waals surface area contributed by atoms with Crippen molar-refractivity contribution in [3.63, 3.8) is 0 Å². The zero-order valence-corrected chi connectivity index (χ0v) is 19.2. The molecule has 0 unspecified atom stereocenters. The highest BCUT2D eigenvalue weighted by molar-refractivity contribution is 7.15. The molecular weight excluding hydrogens is 433 g/mol. The van der Waals surface area contributed by atoms with Gasteiger partial charge in [0.05, 0.1) is 14.9 Å². The standard InChI is InChI=1S/C24H25ClFN3OS/c1-15-4-3-13-29(21(15)12-11-20-10-7-18(25)14-27-20)24(30)22-23(31-16(2)28-22)17-5-8-19(26)9-6-17/h5-10,14-15,21H,3-4,11-13H2,1-2H3/t15-,21-/m1/s1. The third-order valence-corrected chi connectivity index (χ3v) is 7.15. The summed E-state index contributed by atoms with van der Waals surface area (Å²) in [5, 5.41) is 1.45. The van der Waals surface area contributed by atoms with Crippen LogP contribution in [0.5, 0.6) is 0 Å². The summed E-state index contributed by atoms with van der Waals surface area (Å²) in [6.07, 6.45) is 5.38. The summed E-state index contributed by atoms with van der Waals surface area (Å²) in [5.74, 6) is 0.0712. The Hall–Kier alpha value is -2.31. The fourth-order valence-corrected chi connectivity index (χ4v) is 5.32. The second-order valence-corrected chi connectivity index (χ2v) is 9.75. The lowest BCUT2D eigenvalue weighted by atomic mass is 9.87. The molecule has 0 aliphatic carbocycles. The highest BCUT2D eigenvalue weighted by atomic mass is 35.5. The van der Waals surface area contributed by atoms with Crippen molar-refractivity contribution in [2.24, 2.45) is 5.92 Å². The number of aryl methyl sites for hydroxylation is 2. The first-order valence-electron chi connectivity index (χ1n) is 10.6. The summed E-state index contributed by atoms with van der Waals surface area (Å²) >= 11 is 7.43. The summed E-state index contributed by atoms with van der Waals surface area (Å²) in [7, 11) is 0. The Morgan fingerprint density at radius 2 is 2.03 bits per heavy atom. The molecule has 4 nitrogen and oxygen atoms in total. The van der Waals surface area contributed by atoms with Crippen LogP contribution in [0.2, 0.25) is 5.02 Å². The van der Waals surface area contributed by atoms with Crippen LogP contribution in [0.3, 0.4) is 0 Å². The number of carbonyl (C=O) groups is 1. The van der Waals surface area contributed by atoms with Gasteiger partial charge in [-0.25, -0.2) is 9.37 Å². The predicted octanol–water partition coefficient (Wildman–Crippen LogP) is 6.18. The number of rotatable bonds is 5. The Labute approximate surface area is 191 Å². The van der Waals surface area contributed by atoms with Gasteiger partial charge in [0.1, 0.15) is 11.5 Å². The fraction of sp³-hybridized carbons (Fsp3) is 0.375. The van der Waals surface area contributed by atoms with Crippen LogP contribution in [0.15, 0.2) is 42.6 Å². The van der Waals surface area contributed by atoms with E-state index in [2.05, 4.69) is 16.9 Å². The minimum Gasteiger partial charge on any atom is -0.334 e. The number of hydrogen-bond acceptors (Lipinski definition) is 4. The van der Waals surface area contributed by atoms with Gasteiger partial charge >= 0.3 is 0 Å². The number of amides is 1. The van der Waals surface area contributed by atoms with E-state index < -0.39 is 0 Å². The zero-order chi connectivity index (χ0) is 22.0. The maximum atomic E-state index is 13.6. The van der Waals surface area contributed by atoms with Crippen molar-refractivity contribution in [1.29, 1.82) is 0 Å². The topological polar surface area (TPSA) is 46.1 Å². The smallest absolute Gasteiger partial charge is 0.274 e. The molecule has 3 heterocycles. The Bertz CT molecular complexity index is 1050. The first-order valence-corrected chi connectivity index (χ1v) is 11.8. The van der Waals surface area contributed by atoms with Crippen LogP contribution in [-0.2, 0) is 6.42 Å². The molecule has 0 bridgehead atoms. The number of nitrogens with zero attached hydrogens (tertiary/aromatic N) is 3. The van der Waals surface area contributed by atoms with Crippen molar-refractivity contribution in [1.82, 2.24) is 14.9 Å². The van der Waals surface area contributed by atoms with E-state index in [1.807, 2.05) is 24.0 Å². The minimum atomic E-state index is -0.293. The second-order valence-electron chi connectivity index (χ2n) is 8.11. The van der Waals surface area contributed by atoms with Crippen LogP contribution in [-0.4, -0.2) is 33.4 Å². The van der Waals surface area contributed by atoms with Gasteiger partial charge in [0.25, 0.3) is 5.91 Å². The maximum absolute atomic E-state index is 13.6. The third-order valence-electron chi connectivity index (χ3n) is 5.90. The fourth-order valence-electron chi connectivity index (χ4n) is 4.30. The number of carbonyl (C=O) groups excluding carboxylic acids is 1. The third kappa shape index (κ3) is 4.96. The van der Waals surface area contributed by atoms with E-state index in [9.17, 15) is 9.18 Å². The number of thiazole rings is 1. The van der Waals surface area contributed by atoms with Crippen LogP contribution in [0, 0.1) is 18.7 Å². The lowest BCUT2D eigenvalue weighted by Gasteiger charge is -2.40. The van der Waals surface area contributed by atoms with Crippen LogP contribution >= 0.6 is 22.9 Å². The van der Waals surface area contributed by atoms with Gasteiger partial charge in [0.15, 0.2) is 0 Å². The highest BCUT2D eigenvalue weighted by Crippen LogP contribution is 2.34. The molecule has 1 aliphatic heterocycles. The quantitative estimate of drug-likeness (QED) is 0.459. The number of hydrogen-bond donors (Lipinski definition) is 0. The van der Waals surface area contributed by atoms with E-state index in [1.54, 1.807) is 18.3 Å². The molecule has 2 aromatic heterocycles. The molecule has 1 aliphatic rings. The Kier molecular flexibility index (Phi) is 6.68. The molecule has 31 heavy (non-hydrogen) atoms. The van der Waals surface area contributed by atoms with Crippen LogP contribution in [0.1, 0.15) is 47.4 Å². The van der Waals surface area contributed by atoms with E-state index in [4.69, 9.17) is 11.6 Å². The molecule has 0 saturated carbocycles. The normalized spacial score (nSPS) is 18.9. The van der Waals surface area contributed by atoms with Crippen LogP contribution in [0.25, 0.3) is 10.4 Å². The molecule has 0 N–H and O–H groups in total. The van der Waals surface area contributed by atoms with E-state index >= 15 is 0 Å². The SMILES string of the molecule is Cc1nc(C(=O)N2CCC[C@@H](C)[C@H]2CCc2ccc(Cl)cn2)c(-c2ccc(F)cc2)s1. The van der Waals surface area contributed by atoms with Gasteiger partial charge in [-0.1, -0.05) is 30.7 Å². The van der Waals surface area contributed by atoms with Gasteiger partial charge in [-0.05, 0) is 68.4 Å². The summed E-state index contributed by atoms with van der Waals surface area (Å²) in [4.78, 5) is 25.4. The number of benzene rings is 1. The average molecular weight is 458 g/mol. The molecule has 7 heteroatoms. The lowest BCUT2D eigenvalue weighted by molar-refractivity contribution is 0.0494. The molecule has 0 spiro atoms. The van der Waals surface area contributed by atoms with Gasteiger partial charge in [-0.3, -0.25) is 9.78 Å². The summed E-state index contributed by atoms with van der Waals surface area (Å²) in [5.41, 5.74) is 2.27. The minimum absolute atomic E-state index is 0.0377. The predicted molar refractivity (Wildman–Crippen MR) is 123 cm³/mol. The maximum Gasteiger partial charge on any atom is 0.274 e. The summed E-state index contributed by atoms with van der Waals surface area (Å²) < 4.78 is 13.4. The number of likely N-dealkylation sites (tertiary alicyclic amines) is 1. The molecule has 0 radical (unpaired) electrons.